The number of allylic oxidation sites excluding steroid dienone is 1. The Bertz CT molecular complexity index is 461. The number of carbonyl (C=O) groups excluding carboxylic acids is 1. The summed E-state index contributed by atoms with van der Waals surface area (Å²) >= 11 is 0. The molecule has 2 bridgehead atoms. The van der Waals surface area contributed by atoms with Gasteiger partial charge in [-0.3, -0.25) is 4.79 Å². The van der Waals surface area contributed by atoms with Crippen LogP contribution in [0, 0.1) is 0 Å². The largest absolute Gasteiger partial charge is 0.373 e. The first-order valence-electron chi connectivity index (χ1n) is 7.08. The second kappa shape index (κ2) is 5.57. The highest BCUT2D eigenvalue weighted by atomic mass is 16.1. The Kier molecular flexibility index (Phi) is 3.65. The lowest BCUT2D eigenvalue weighted by Gasteiger charge is -2.30. The molecule has 100 valence electrons. The molecule has 0 aromatic heterocycles. The lowest BCUT2D eigenvalue weighted by molar-refractivity contribution is 0.104. The van der Waals surface area contributed by atoms with E-state index in [2.05, 4.69) is 9.80 Å². The van der Waals surface area contributed by atoms with E-state index in [1.807, 2.05) is 36.5 Å². The number of carbonyl (C=O) groups is 1. The van der Waals surface area contributed by atoms with Crippen molar-refractivity contribution < 1.29 is 4.79 Å². The third-order valence-corrected chi connectivity index (χ3v) is 4.18. The van der Waals surface area contributed by atoms with Crippen molar-refractivity contribution in [2.45, 2.75) is 18.9 Å². The standard InChI is InChI=1S/C16H20N2O/c19-16(14-4-2-1-3-5-14)8-11-18-13-12-17-9-6-15(18)7-10-17/h1-5,8,11,15H,6-7,9-10,12-13H2/b11-8+. The van der Waals surface area contributed by atoms with Crippen molar-refractivity contribution in [2.24, 2.45) is 0 Å². The van der Waals surface area contributed by atoms with Gasteiger partial charge in [0.15, 0.2) is 5.78 Å². The minimum Gasteiger partial charge on any atom is -0.373 e. The van der Waals surface area contributed by atoms with Crippen molar-refractivity contribution >= 4 is 5.78 Å². The van der Waals surface area contributed by atoms with Gasteiger partial charge < -0.3 is 9.80 Å². The summed E-state index contributed by atoms with van der Waals surface area (Å²) in [7, 11) is 0. The minimum absolute atomic E-state index is 0.0969. The molecule has 0 atom stereocenters. The first-order valence-corrected chi connectivity index (χ1v) is 7.08. The lowest BCUT2D eigenvalue weighted by atomic mass is 10.1. The van der Waals surface area contributed by atoms with Crippen molar-refractivity contribution in [3.05, 3.63) is 48.2 Å². The van der Waals surface area contributed by atoms with Crippen LogP contribution in [0.3, 0.4) is 0 Å². The van der Waals surface area contributed by atoms with Crippen molar-refractivity contribution in [2.75, 3.05) is 26.2 Å². The van der Waals surface area contributed by atoms with Gasteiger partial charge in [0, 0.05) is 50.1 Å². The van der Waals surface area contributed by atoms with Gasteiger partial charge >= 0.3 is 0 Å². The highest BCUT2D eigenvalue weighted by molar-refractivity contribution is 6.04. The van der Waals surface area contributed by atoms with E-state index in [0.29, 0.717) is 6.04 Å². The molecule has 0 unspecified atom stereocenters. The number of hydrogen-bond acceptors (Lipinski definition) is 3. The Morgan fingerprint density at radius 1 is 1.05 bits per heavy atom. The molecule has 3 aliphatic rings. The van der Waals surface area contributed by atoms with Crippen LogP contribution in [0.15, 0.2) is 42.6 Å². The molecule has 3 heterocycles. The molecule has 0 spiro atoms. The van der Waals surface area contributed by atoms with Crippen LogP contribution in [-0.2, 0) is 0 Å². The summed E-state index contributed by atoms with van der Waals surface area (Å²) in [5, 5.41) is 0. The van der Waals surface area contributed by atoms with Crippen LogP contribution in [0.1, 0.15) is 23.2 Å². The van der Waals surface area contributed by atoms with E-state index in [1.54, 1.807) is 6.08 Å². The molecular weight excluding hydrogens is 236 g/mol. The van der Waals surface area contributed by atoms with Gasteiger partial charge in [0.2, 0.25) is 0 Å². The first kappa shape index (κ1) is 12.4. The van der Waals surface area contributed by atoms with E-state index in [9.17, 15) is 4.79 Å². The molecule has 0 radical (unpaired) electrons. The third kappa shape index (κ3) is 2.87. The molecule has 3 aliphatic heterocycles. The Labute approximate surface area is 114 Å². The monoisotopic (exact) mass is 256 g/mol. The number of piperidine rings is 1. The second-order valence-electron chi connectivity index (χ2n) is 5.36. The van der Waals surface area contributed by atoms with Crippen LogP contribution in [0.5, 0.6) is 0 Å². The zero-order valence-electron chi connectivity index (χ0n) is 11.2. The van der Waals surface area contributed by atoms with E-state index >= 15 is 0 Å². The molecule has 3 nitrogen and oxygen atoms in total. The highest BCUT2D eigenvalue weighted by Crippen LogP contribution is 2.20. The van der Waals surface area contributed by atoms with E-state index in [4.69, 9.17) is 0 Å². The minimum atomic E-state index is 0.0969. The number of fused-ring (bicyclic) bond motifs is 4. The molecular formula is C16H20N2O. The van der Waals surface area contributed by atoms with E-state index in [-0.39, 0.29) is 5.78 Å². The molecule has 0 aliphatic carbocycles. The number of benzene rings is 1. The Morgan fingerprint density at radius 3 is 2.53 bits per heavy atom. The van der Waals surface area contributed by atoms with Gasteiger partial charge in [-0.1, -0.05) is 30.3 Å². The molecule has 1 aromatic carbocycles. The maximum atomic E-state index is 12.1. The average molecular weight is 256 g/mol. The maximum Gasteiger partial charge on any atom is 0.187 e. The SMILES string of the molecule is O=C(/C=C/N1CCN2CCC1CC2)c1ccccc1. The van der Waals surface area contributed by atoms with Gasteiger partial charge in [-0.25, -0.2) is 0 Å². The summed E-state index contributed by atoms with van der Waals surface area (Å²) in [5.74, 6) is 0.0969. The molecule has 19 heavy (non-hydrogen) atoms. The summed E-state index contributed by atoms with van der Waals surface area (Å²) < 4.78 is 0. The molecule has 3 saturated heterocycles. The number of hydrogen-bond donors (Lipinski definition) is 0. The van der Waals surface area contributed by atoms with Gasteiger partial charge in [-0.15, -0.1) is 0 Å². The zero-order valence-corrected chi connectivity index (χ0v) is 11.2. The van der Waals surface area contributed by atoms with Crippen molar-refractivity contribution in [3.63, 3.8) is 0 Å². The van der Waals surface area contributed by atoms with Gasteiger partial charge in [0.05, 0.1) is 0 Å². The Hall–Kier alpha value is -1.61. The zero-order chi connectivity index (χ0) is 13.1. The van der Waals surface area contributed by atoms with Crippen LogP contribution >= 0.6 is 0 Å². The van der Waals surface area contributed by atoms with Crippen LogP contribution in [-0.4, -0.2) is 47.8 Å². The van der Waals surface area contributed by atoms with Crippen LogP contribution in [0.2, 0.25) is 0 Å². The van der Waals surface area contributed by atoms with Crippen LogP contribution in [0.25, 0.3) is 0 Å². The smallest absolute Gasteiger partial charge is 0.187 e. The average Bonchev–Trinajstić information content (AvgIpc) is 2.79. The predicted molar refractivity (Wildman–Crippen MR) is 76.1 cm³/mol. The first-order chi connectivity index (χ1) is 9.33. The fourth-order valence-corrected chi connectivity index (χ4v) is 2.97. The Morgan fingerprint density at radius 2 is 1.79 bits per heavy atom. The molecule has 0 N–H and O–H groups in total. The number of ketones is 1. The molecule has 3 heteroatoms. The van der Waals surface area contributed by atoms with Crippen molar-refractivity contribution in [3.8, 4) is 0 Å². The fourth-order valence-electron chi connectivity index (χ4n) is 2.97. The molecule has 0 amide bonds. The third-order valence-electron chi connectivity index (χ3n) is 4.18. The topological polar surface area (TPSA) is 23.6 Å². The molecule has 4 rings (SSSR count). The van der Waals surface area contributed by atoms with Crippen LogP contribution < -0.4 is 0 Å². The molecule has 1 aromatic rings. The maximum absolute atomic E-state index is 12.1. The van der Waals surface area contributed by atoms with E-state index in [1.165, 1.54) is 25.9 Å². The normalized spacial score (nSPS) is 26.6. The summed E-state index contributed by atoms with van der Waals surface area (Å²) in [6.07, 6.45) is 6.19. The van der Waals surface area contributed by atoms with Gasteiger partial charge in [-0.05, 0) is 12.8 Å². The predicted octanol–water partition coefficient (Wildman–Crippen LogP) is 2.16. The highest BCUT2D eigenvalue weighted by Gasteiger charge is 2.26. The van der Waals surface area contributed by atoms with Crippen molar-refractivity contribution in [1.82, 2.24) is 9.80 Å². The molecule has 0 saturated carbocycles. The fraction of sp³-hybridized carbons (Fsp3) is 0.438. The summed E-state index contributed by atoms with van der Waals surface area (Å²) in [6.45, 7) is 4.59. The van der Waals surface area contributed by atoms with Gasteiger partial charge in [-0.2, -0.15) is 0 Å². The number of nitrogens with zero attached hydrogens (tertiary/aromatic N) is 2. The van der Waals surface area contributed by atoms with Gasteiger partial charge in [0.25, 0.3) is 0 Å². The van der Waals surface area contributed by atoms with Gasteiger partial charge in [0.1, 0.15) is 0 Å². The lowest BCUT2D eigenvalue weighted by Crippen LogP contribution is -2.35. The summed E-state index contributed by atoms with van der Waals surface area (Å²) in [6, 6.07) is 10.1. The van der Waals surface area contributed by atoms with Crippen molar-refractivity contribution in [1.29, 1.82) is 0 Å². The van der Waals surface area contributed by atoms with E-state index < -0.39 is 0 Å². The summed E-state index contributed by atoms with van der Waals surface area (Å²) in [5.41, 5.74) is 0.765. The summed E-state index contributed by atoms with van der Waals surface area (Å²) in [4.78, 5) is 16.9. The second-order valence-corrected chi connectivity index (χ2v) is 5.36. The molecule has 3 fully saturated rings. The van der Waals surface area contributed by atoms with Crippen LogP contribution in [0.4, 0.5) is 0 Å². The quantitative estimate of drug-likeness (QED) is 0.611. The van der Waals surface area contributed by atoms with E-state index in [0.717, 1.165) is 18.7 Å². The Balaban J connectivity index is 1.67. The number of rotatable bonds is 3.